The number of hydrogen-bond donors (Lipinski definition) is 2. The van der Waals surface area contributed by atoms with E-state index in [9.17, 15) is 13.2 Å². The monoisotopic (exact) mass is 383 g/mol. The van der Waals surface area contributed by atoms with Gasteiger partial charge in [0, 0.05) is 32.3 Å². The summed E-state index contributed by atoms with van der Waals surface area (Å²) in [5.74, 6) is -2.37. The zero-order chi connectivity index (χ0) is 30.7. The summed E-state index contributed by atoms with van der Waals surface area (Å²) in [7, 11) is -4.76. The number of likely N-dealkylation sites (tertiary alicyclic amines) is 1. The highest BCUT2D eigenvalue weighted by Crippen LogP contribution is 2.29. The Morgan fingerprint density at radius 3 is 3.04 bits per heavy atom. The molecule has 1 aromatic rings. The number of anilines is 1. The average Bonchev–Trinajstić information content (AvgIpc) is 3.25. The van der Waals surface area contributed by atoms with Crippen LogP contribution in [0.2, 0.25) is 0 Å². The average molecular weight is 384 g/mol. The van der Waals surface area contributed by atoms with E-state index in [1.165, 1.54) is 0 Å². The van der Waals surface area contributed by atoms with Gasteiger partial charge in [0.2, 0.25) is 0 Å². The molecule has 1 aromatic carbocycles. The SMILES string of the molecule is [2H]c1c(N)c(S(=O)(=O)C([2H])([2H])C([2H])([2H])[2H])c([2H])c(C(=O)NC([2H])([2H])C2CCCN2C([2H])([2H])C([2H])([2H])[2H])c1OC. The molecule has 0 bridgehead atoms. The van der Waals surface area contributed by atoms with Gasteiger partial charge in [-0.1, -0.05) is 13.7 Å². The molecular formula is C17H27N3O4S. The molecule has 2 rings (SSSR count). The lowest BCUT2D eigenvalue weighted by Gasteiger charge is -2.23. The number of benzene rings is 1. The zero-order valence-electron chi connectivity index (χ0n) is 27.3. The molecule has 1 fully saturated rings. The maximum Gasteiger partial charge on any atom is 0.255 e. The zero-order valence-corrected chi connectivity index (χ0v) is 14.1. The van der Waals surface area contributed by atoms with Crippen molar-refractivity contribution in [3.63, 3.8) is 0 Å². The fourth-order valence-corrected chi connectivity index (χ4v) is 3.00. The molecule has 0 aromatic heterocycles. The van der Waals surface area contributed by atoms with Crippen molar-refractivity contribution in [3.05, 3.63) is 17.6 Å². The third kappa shape index (κ3) is 4.24. The van der Waals surface area contributed by atoms with Crippen LogP contribution in [0.25, 0.3) is 0 Å². The number of ether oxygens (including phenoxy) is 1. The number of carbonyl (C=O) groups is 1. The number of sulfone groups is 1. The van der Waals surface area contributed by atoms with Gasteiger partial charge in [0.15, 0.2) is 9.84 Å². The number of nitrogens with zero attached hydrogens (tertiary/aromatic N) is 1. The van der Waals surface area contributed by atoms with Crippen molar-refractivity contribution in [3.8, 4) is 5.75 Å². The van der Waals surface area contributed by atoms with Crippen LogP contribution in [0.1, 0.15) is 56.1 Å². The minimum absolute atomic E-state index is 0.0996. The van der Waals surface area contributed by atoms with Crippen LogP contribution in [0, 0.1) is 0 Å². The molecule has 25 heavy (non-hydrogen) atoms. The van der Waals surface area contributed by atoms with Gasteiger partial charge in [-0.3, -0.25) is 9.69 Å². The van der Waals surface area contributed by atoms with Crippen molar-refractivity contribution >= 4 is 21.4 Å². The lowest BCUT2D eigenvalue weighted by atomic mass is 10.1. The van der Waals surface area contributed by atoms with Gasteiger partial charge in [0.05, 0.1) is 34.4 Å². The molecule has 1 amide bonds. The molecule has 0 saturated carbocycles. The summed E-state index contributed by atoms with van der Waals surface area (Å²) in [4.78, 5) is 12.5. The molecule has 1 heterocycles. The standard InChI is InChI=1S/C17H27N3O4S/c1-4-20-8-6-7-12(20)11-19-17(21)13-9-16(25(22,23)5-2)14(18)10-15(13)24-3/h9-10,12H,4-8,11,18H2,1-3H3,(H,19,21)/i1D3,2D3,4D2,5D2,9D,10D,11D2. The van der Waals surface area contributed by atoms with E-state index in [2.05, 4.69) is 0 Å². The van der Waals surface area contributed by atoms with E-state index in [1.807, 2.05) is 5.32 Å². The highest BCUT2D eigenvalue weighted by molar-refractivity contribution is 7.91. The Hall–Kier alpha value is -1.80. The van der Waals surface area contributed by atoms with Crippen LogP contribution in [0.5, 0.6) is 5.75 Å². The highest BCUT2D eigenvalue weighted by atomic mass is 32.2. The Balaban J connectivity index is 2.69. The minimum Gasteiger partial charge on any atom is -0.496 e. The molecule has 7 nitrogen and oxygen atoms in total. The first-order valence-corrected chi connectivity index (χ1v) is 8.57. The molecule has 3 N–H and O–H groups in total. The van der Waals surface area contributed by atoms with E-state index in [-0.39, 0.29) is 19.4 Å². The first-order chi connectivity index (χ1) is 17.3. The van der Waals surface area contributed by atoms with Crippen LogP contribution in [0.15, 0.2) is 17.0 Å². The molecule has 140 valence electrons. The van der Waals surface area contributed by atoms with E-state index in [1.54, 1.807) is 0 Å². The Kier molecular flexibility index (Phi) is 2.52. The van der Waals surface area contributed by atoms with Crippen molar-refractivity contribution < 1.29 is 37.1 Å². The van der Waals surface area contributed by atoms with E-state index in [0.717, 1.165) is 12.0 Å². The number of amides is 1. The second kappa shape index (κ2) is 8.05. The van der Waals surface area contributed by atoms with Crippen molar-refractivity contribution in [2.45, 2.75) is 37.5 Å². The van der Waals surface area contributed by atoms with Crippen LogP contribution in [0.4, 0.5) is 5.69 Å². The number of carbonyl (C=O) groups excluding carboxylic acids is 1. The van der Waals surface area contributed by atoms with Crippen molar-refractivity contribution in [1.82, 2.24) is 10.2 Å². The molecule has 1 aliphatic heterocycles. The van der Waals surface area contributed by atoms with Crippen LogP contribution in [-0.4, -0.2) is 57.6 Å². The molecule has 1 unspecified atom stereocenters. The van der Waals surface area contributed by atoms with E-state index < -0.39 is 88.2 Å². The van der Waals surface area contributed by atoms with Crippen LogP contribution < -0.4 is 15.8 Å². The summed E-state index contributed by atoms with van der Waals surface area (Å²) in [6.07, 6.45) is 0.0611. The quantitative estimate of drug-likeness (QED) is 0.688. The predicted octanol–water partition coefficient (Wildman–Crippen LogP) is 1.29. The summed E-state index contributed by atoms with van der Waals surface area (Å²) < 4.78 is 140. The van der Waals surface area contributed by atoms with Crippen LogP contribution in [0.3, 0.4) is 0 Å². The maximum atomic E-state index is 13.3. The molecule has 1 saturated heterocycles. The highest BCUT2D eigenvalue weighted by Gasteiger charge is 2.25. The Labute approximate surface area is 169 Å². The van der Waals surface area contributed by atoms with Crippen molar-refractivity contribution in [2.24, 2.45) is 0 Å². The third-order valence-electron chi connectivity index (χ3n) is 3.54. The molecule has 1 aliphatic rings. The third-order valence-corrected chi connectivity index (χ3v) is 4.67. The number of rotatable bonds is 7. The number of nitrogens with two attached hydrogens (primary N) is 1. The summed E-state index contributed by atoms with van der Waals surface area (Å²) in [6.45, 7) is -13.0. The Bertz CT molecular complexity index is 1250. The summed E-state index contributed by atoms with van der Waals surface area (Å²) in [5, 5.41) is 1.86. The topological polar surface area (TPSA) is 102 Å². The van der Waals surface area contributed by atoms with Crippen molar-refractivity contribution in [2.75, 3.05) is 38.1 Å². The van der Waals surface area contributed by atoms with E-state index >= 15 is 0 Å². The molecule has 0 spiro atoms. The van der Waals surface area contributed by atoms with E-state index in [0.29, 0.717) is 0 Å². The summed E-state index contributed by atoms with van der Waals surface area (Å²) >= 11 is 0. The second-order valence-corrected chi connectivity index (χ2v) is 6.69. The van der Waals surface area contributed by atoms with Crippen molar-refractivity contribution in [1.29, 1.82) is 0 Å². The molecule has 8 heteroatoms. The lowest BCUT2D eigenvalue weighted by molar-refractivity contribution is 0.0938. The first-order valence-electron chi connectivity index (χ1n) is 14.1. The molecule has 0 aliphatic carbocycles. The molecule has 0 radical (unpaired) electrons. The summed E-state index contributed by atoms with van der Waals surface area (Å²) in [5.41, 5.74) is -0.531. The van der Waals surface area contributed by atoms with Crippen LogP contribution in [-0.2, 0) is 9.84 Å². The van der Waals surface area contributed by atoms with Gasteiger partial charge in [0.1, 0.15) is 5.75 Å². The van der Waals surface area contributed by atoms with Gasteiger partial charge in [0.25, 0.3) is 5.91 Å². The molecular weight excluding hydrogens is 342 g/mol. The van der Waals surface area contributed by atoms with E-state index in [4.69, 9.17) is 29.7 Å². The lowest BCUT2D eigenvalue weighted by Crippen LogP contribution is -2.40. The van der Waals surface area contributed by atoms with Gasteiger partial charge in [-0.2, -0.15) is 0 Å². The second-order valence-electron chi connectivity index (χ2n) is 5.07. The van der Waals surface area contributed by atoms with Gasteiger partial charge in [-0.15, -0.1) is 0 Å². The van der Waals surface area contributed by atoms with Gasteiger partial charge < -0.3 is 15.8 Å². The number of methoxy groups -OCH3 is 1. The van der Waals surface area contributed by atoms with Crippen LogP contribution >= 0.6 is 0 Å². The fourth-order valence-electron chi connectivity index (χ4n) is 2.32. The number of nitrogens with one attached hydrogen (secondary N) is 1. The summed E-state index contributed by atoms with van der Waals surface area (Å²) in [6, 6.07) is -3.93. The largest absolute Gasteiger partial charge is 0.496 e. The maximum absolute atomic E-state index is 13.3. The fraction of sp³-hybridized carbons (Fsp3) is 0.588. The Morgan fingerprint density at radius 1 is 1.56 bits per heavy atom. The smallest absolute Gasteiger partial charge is 0.255 e. The predicted molar refractivity (Wildman–Crippen MR) is 97.7 cm³/mol. The number of likely N-dealkylation sites (N-methyl/N-ethyl adjacent to an activating group) is 1. The normalized spacial score (nSPS) is 29.2. The number of hydrogen-bond acceptors (Lipinski definition) is 6. The Morgan fingerprint density at radius 2 is 2.36 bits per heavy atom. The van der Waals surface area contributed by atoms with Gasteiger partial charge in [-0.25, -0.2) is 8.42 Å². The number of nitrogen functional groups attached to an aromatic ring is 1. The van der Waals surface area contributed by atoms with Gasteiger partial charge >= 0.3 is 0 Å². The van der Waals surface area contributed by atoms with Gasteiger partial charge in [-0.05, 0) is 31.9 Å². The molecule has 1 atom stereocenters. The first kappa shape index (κ1) is 7.84. The minimum atomic E-state index is -5.68.